The molecule has 1 heterocycles. The summed E-state index contributed by atoms with van der Waals surface area (Å²) < 4.78 is 10.6. The van der Waals surface area contributed by atoms with E-state index in [9.17, 15) is 4.79 Å². The lowest BCUT2D eigenvalue weighted by molar-refractivity contribution is 0.252. The number of benzene rings is 1. The number of carbonyl (C=O) groups excluding carboxylic acids is 1. The quantitative estimate of drug-likeness (QED) is 0.485. The van der Waals surface area contributed by atoms with Crippen molar-refractivity contribution in [3.8, 4) is 11.6 Å². The number of urea groups is 1. The van der Waals surface area contributed by atoms with E-state index in [0.717, 1.165) is 5.56 Å². The summed E-state index contributed by atoms with van der Waals surface area (Å²) in [5.41, 5.74) is 7.41. The van der Waals surface area contributed by atoms with Gasteiger partial charge >= 0.3 is 6.03 Å². The van der Waals surface area contributed by atoms with Crippen LogP contribution in [0.15, 0.2) is 24.5 Å². The van der Waals surface area contributed by atoms with E-state index in [0.29, 0.717) is 18.0 Å². The monoisotopic (exact) mass is 344 g/mol. The molecule has 5 N–H and O–H groups in total. The smallest absolute Gasteiger partial charge is 0.319 e. The molecule has 1 aromatic heterocycles. The van der Waals surface area contributed by atoms with Crippen LogP contribution in [0.4, 0.5) is 16.3 Å². The van der Waals surface area contributed by atoms with Crippen molar-refractivity contribution in [2.24, 2.45) is 0 Å². The van der Waals surface area contributed by atoms with Crippen LogP contribution in [0.3, 0.4) is 0 Å². The Morgan fingerprint density at radius 2 is 2.12 bits per heavy atom. The first-order valence-electron chi connectivity index (χ1n) is 7.53. The molecule has 132 valence electrons. The number of ether oxygens (including phenoxy) is 2. The van der Waals surface area contributed by atoms with Gasteiger partial charge in [-0.05, 0) is 37.6 Å². The fourth-order valence-electron chi connectivity index (χ4n) is 2.05. The molecule has 0 saturated heterocycles. The second kappa shape index (κ2) is 7.95. The molecule has 0 spiro atoms. The Labute approximate surface area is 145 Å². The molecule has 0 fully saturated rings. The Bertz CT molecular complexity index is 793. The third-order valence-electron chi connectivity index (χ3n) is 3.27. The molecule has 0 atom stereocenters. The number of nitrogens with zero attached hydrogens (tertiary/aromatic N) is 2. The SMILES string of the molecule is CCNC(=O)Nc1ccc(Oc2ncnc(N)c2C(=N)OC)cc1C. The van der Waals surface area contributed by atoms with Gasteiger partial charge in [-0.15, -0.1) is 0 Å². The summed E-state index contributed by atoms with van der Waals surface area (Å²) >= 11 is 0. The van der Waals surface area contributed by atoms with Crippen LogP contribution >= 0.6 is 0 Å². The summed E-state index contributed by atoms with van der Waals surface area (Å²) in [4.78, 5) is 19.5. The molecular weight excluding hydrogens is 324 g/mol. The highest BCUT2D eigenvalue weighted by Crippen LogP contribution is 2.28. The van der Waals surface area contributed by atoms with Crippen LogP contribution in [0.25, 0.3) is 0 Å². The van der Waals surface area contributed by atoms with Crippen molar-refractivity contribution < 1.29 is 14.3 Å². The molecule has 0 unspecified atom stereocenters. The molecule has 2 amide bonds. The predicted molar refractivity (Wildman–Crippen MR) is 94.2 cm³/mol. The van der Waals surface area contributed by atoms with Crippen molar-refractivity contribution in [2.75, 3.05) is 24.7 Å². The highest BCUT2D eigenvalue weighted by Gasteiger charge is 2.17. The first-order valence-corrected chi connectivity index (χ1v) is 7.53. The van der Waals surface area contributed by atoms with Crippen LogP contribution in [0.2, 0.25) is 0 Å². The molecule has 2 aromatic rings. The highest BCUT2D eigenvalue weighted by atomic mass is 16.5. The van der Waals surface area contributed by atoms with Crippen LogP contribution in [-0.4, -0.2) is 35.6 Å². The number of nitrogens with one attached hydrogen (secondary N) is 3. The van der Waals surface area contributed by atoms with Gasteiger partial charge in [0.05, 0.1) is 7.11 Å². The molecule has 0 saturated carbocycles. The summed E-state index contributed by atoms with van der Waals surface area (Å²) in [7, 11) is 1.35. The lowest BCUT2D eigenvalue weighted by Gasteiger charge is -2.13. The first-order chi connectivity index (χ1) is 12.0. The molecule has 0 aliphatic heterocycles. The molecule has 0 aliphatic rings. The minimum absolute atomic E-state index is 0.0862. The standard InChI is InChI=1S/C16H20N6O3/c1-4-19-16(23)22-11-6-5-10(7-9(11)2)25-15-12(14(18)24-3)13(17)20-8-21-15/h5-8,18H,4H2,1-3H3,(H2,17,20,21)(H2,19,22,23). The molecule has 25 heavy (non-hydrogen) atoms. The van der Waals surface area contributed by atoms with Crippen LogP contribution in [0, 0.1) is 12.3 Å². The van der Waals surface area contributed by atoms with Gasteiger partial charge in [-0.2, -0.15) is 0 Å². The van der Waals surface area contributed by atoms with E-state index in [1.54, 1.807) is 18.2 Å². The number of hydrogen-bond acceptors (Lipinski definition) is 7. The number of aryl methyl sites for hydroxylation is 1. The number of nitrogen functional groups attached to an aromatic ring is 1. The number of methoxy groups -OCH3 is 1. The van der Waals surface area contributed by atoms with E-state index in [1.165, 1.54) is 13.4 Å². The van der Waals surface area contributed by atoms with Gasteiger partial charge in [0.2, 0.25) is 11.8 Å². The molecule has 2 rings (SSSR count). The fourth-order valence-corrected chi connectivity index (χ4v) is 2.05. The highest BCUT2D eigenvalue weighted by molar-refractivity contribution is 5.98. The molecule has 0 radical (unpaired) electrons. The Kier molecular flexibility index (Phi) is 5.72. The number of aromatic nitrogens is 2. The van der Waals surface area contributed by atoms with Crippen molar-refractivity contribution in [2.45, 2.75) is 13.8 Å². The van der Waals surface area contributed by atoms with Crippen molar-refractivity contribution in [1.82, 2.24) is 15.3 Å². The van der Waals surface area contributed by atoms with Gasteiger partial charge < -0.3 is 25.8 Å². The van der Waals surface area contributed by atoms with E-state index in [2.05, 4.69) is 20.6 Å². The van der Waals surface area contributed by atoms with Gasteiger partial charge in [0.25, 0.3) is 0 Å². The summed E-state index contributed by atoms with van der Waals surface area (Å²) in [6.45, 7) is 4.21. The lowest BCUT2D eigenvalue weighted by Crippen LogP contribution is -2.28. The first kappa shape index (κ1) is 18.0. The van der Waals surface area contributed by atoms with Crippen molar-refractivity contribution >= 4 is 23.4 Å². The zero-order valence-corrected chi connectivity index (χ0v) is 14.2. The maximum Gasteiger partial charge on any atom is 0.319 e. The third-order valence-corrected chi connectivity index (χ3v) is 3.27. The van der Waals surface area contributed by atoms with Crippen LogP contribution in [0.5, 0.6) is 11.6 Å². The molecule has 0 aliphatic carbocycles. The van der Waals surface area contributed by atoms with Gasteiger partial charge in [-0.25, -0.2) is 14.8 Å². The van der Waals surface area contributed by atoms with Gasteiger partial charge in [0.1, 0.15) is 23.5 Å². The number of carbonyl (C=O) groups is 1. The zero-order valence-electron chi connectivity index (χ0n) is 14.2. The van der Waals surface area contributed by atoms with E-state index in [-0.39, 0.29) is 29.2 Å². The Morgan fingerprint density at radius 3 is 2.76 bits per heavy atom. The fraction of sp³-hybridized carbons (Fsp3) is 0.250. The van der Waals surface area contributed by atoms with E-state index in [4.69, 9.17) is 20.6 Å². The number of nitrogens with two attached hydrogens (primary N) is 1. The van der Waals surface area contributed by atoms with E-state index < -0.39 is 0 Å². The largest absolute Gasteiger partial charge is 0.481 e. The van der Waals surface area contributed by atoms with Crippen molar-refractivity contribution in [1.29, 1.82) is 5.41 Å². The molecule has 0 bridgehead atoms. The Hall–Kier alpha value is -3.36. The number of anilines is 2. The molecule has 9 heteroatoms. The number of rotatable bonds is 5. The number of hydrogen-bond donors (Lipinski definition) is 4. The average Bonchev–Trinajstić information content (AvgIpc) is 2.57. The zero-order chi connectivity index (χ0) is 18.4. The van der Waals surface area contributed by atoms with Crippen molar-refractivity contribution in [3.05, 3.63) is 35.7 Å². The topological polar surface area (TPSA) is 135 Å². The number of amides is 2. The van der Waals surface area contributed by atoms with Gasteiger partial charge in [-0.3, -0.25) is 5.41 Å². The predicted octanol–water partition coefficient (Wildman–Crippen LogP) is 2.27. The van der Waals surface area contributed by atoms with Crippen LogP contribution in [0.1, 0.15) is 18.1 Å². The van der Waals surface area contributed by atoms with Crippen molar-refractivity contribution in [3.63, 3.8) is 0 Å². The van der Waals surface area contributed by atoms with E-state index in [1.807, 2.05) is 13.8 Å². The van der Waals surface area contributed by atoms with Crippen LogP contribution in [-0.2, 0) is 4.74 Å². The minimum atomic E-state index is -0.279. The average molecular weight is 344 g/mol. The Balaban J connectivity index is 2.25. The van der Waals surface area contributed by atoms with E-state index >= 15 is 0 Å². The van der Waals surface area contributed by atoms with Gasteiger partial charge in [-0.1, -0.05) is 0 Å². The second-order valence-electron chi connectivity index (χ2n) is 5.04. The Morgan fingerprint density at radius 1 is 1.36 bits per heavy atom. The lowest BCUT2D eigenvalue weighted by atomic mass is 10.2. The maximum atomic E-state index is 11.6. The van der Waals surface area contributed by atoms with Gasteiger partial charge in [0.15, 0.2) is 0 Å². The second-order valence-corrected chi connectivity index (χ2v) is 5.04. The molecule has 9 nitrogen and oxygen atoms in total. The minimum Gasteiger partial charge on any atom is -0.481 e. The van der Waals surface area contributed by atoms with Crippen LogP contribution < -0.4 is 21.1 Å². The molecular formula is C16H20N6O3. The third kappa shape index (κ3) is 4.34. The van der Waals surface area contributed by atoms with Gasteiger partial charge in [0, 0.05) is 12.2 Å². The molecule has 1 aromatic carbocycles. The summed E-state index contributed by atoms with van der Waals surface area (Å²) in [6, 6.07) is 4.84. The summed E-state index contributed by atoms with van der Waals surface area (Å²) in [5.74, 6) is 0.479. The summed E-state index contributed by atoms with van der Waals surface area (Å²) in [5, 5.41) is 13.2. The summed E-state index contributed by atoms with van der Waals surface area (Å²) in [6.07, 6.45) is 1.25. The normalized spacial score (nSPS) is 10.0. The maximum absolute atomic E-state index is 11.6.